The van der Waals surface area contributed by atoms with Crippen LogP contribution in [0.3, 0.4) is 0 Å². The summed E-state index contributed by atoms with van der Waals surface area (Å²) in [7, 11) is 1.79. The smallest absolute Gasteiger partial charge is 0.222 e. The van der Waals surface area contributed by atoms with Gasteiger partial charge in [-0.15, -0.1) is 0 Å². The number of likely N-dealkylation sites (tertiary alicyclic amines) is 1. The zero-order chi connectivity index (χ0) is 13.2. The standard InChI is InChI=1S/C14H19FN2O/c1-17-9-8-14(10-16,7-6-13(17)18)11-4-2-3-5-12(11)15/h2-5H,6-10,16H2,1H3. The second-order valence-corrected chi connectivity index (χ2v) is 5.03. The van der Waals surface area contributed by atoms with E-state index >= 15 is 0 Å². The van der Waals surface area contributed by atoms with Crippen LogP contribution in [0.4, 0.5) is 4.39 Å². The van der Waals surface area contributed by atoms with E-state index in [-0.39, 0.29) is 11.7 Å². The van der Waals surface area contributed by atoms with Gasteiger partial charge >= 0.3 is 0 Å². The predicted octanol–water partition coefficient (Wildman–Crippen LogP) is 1.66. The van der Waals surface area contributed by atoms with E-state index in [2.05, 4.69) is 0 Å². The van der Waals surface area contributed by atoms with Crippen LogP contribution in [0, 0.1) is 5.82 Å². The monoisotopic (exact) mass is 250 g/mol. The third-order valence-corrected chi connectivity index (χ3v) is 4.00. The zero-order valence-corrected chi connectivity index (χ0v) is 10.7. The molecular weight excluding hydrogens is 231 g/mol. The van der Waals surface area contributed by atoms with Crippen molar-refractivity contribution in [3.8, 4) is 0 Å². The summed E-state index contributed by atoms with van der Waals surface area (Å²) in [5.74, 6) is -0.110. The van der Waals surface area contributed by atoms with Crippen LogP contribution >= 0.6 is 0 Å². The first-order chi connectivity index (χ1) is 8.59. The number of hydrogen-bond donors (Lipinski definition) is 1. The van der Waals surface area contributed by atoms with Crippen molar-refractivity contribution < 1.29 is 9.18 Å². The number of nitrogens with zero attached hydrogens (tertiary/aromatic N) is 1. The summed E-state index contributed by atoms with van der Waals surface area (Å²) >= 11 is 0. The topological polar surface area (TPSA) is 46.3 Å². The average molecular weight is 250 g/mol. The van der Waals surface area contributed by atoms with Gasteiger partial charge in [0.1, 0.15) is 5.82 Å². The molecule has 1 aromatic carbocycles. The first-order valence-corrected chi connectivity index (χ1v) is 6.28. The lowest BCUT2D eigenvalue weighted by atomic mass is 9.74. The molecule has 3 nitrogen and oxygen atoms in total. The lowest BCUT2D eigenvalue weighted by Gasteiger charge is -2.32. The average Bonchev–Trinajstić information content (AvgIpc) is 2.53. The van der Waals surface area contributed by atoms with Crippen molar-refractivity contribution >= 4 is 5.91 Å². The van der Waals surface area contributed by atoms with E-state index in [4.69, 9.17) is 5.73 Å². The summed E-state index contributed by atoms with van der Waals surface area (Å²) in [5.41, 5.74) is 6.14. The number of halogens is 1. The van der Waals surface area contributed by atoms with Gasteiger partial charge in [0.05, 0.1) is 0 Å². The van der Waals surface area contributed by atoms with Gasteiger partial charge in [0.25, 0.3) is 0 Å². The molecule has 2 rings (SSSR count). The minimum Gasteiger partial charge on any atom is -0.346 e. The number of amides is 1. The van der Waals surface area contributed by atoms with Crippen molar-refractivity contribution in [1.29, 1.82) is 0 Å². The van der Waals surface area contributed by atoms with Gasteiger partial charge in [-0.3, -0.25) is 4.79 Å². The first-order valence-electron chi connectivity index (χ1n) is 6.28. The van der Waals surface area contributed by atoms with Crippen molar-refractivity contribution in [1.82, 2.24) is 4.90 Å². The molecule has 0 aliphatic carbocycles. The van der Waals surface area contributed by atoms with E-state index in [0.29, 0.717) is 37.9 Å². The number of hydrogen-bond acceptors (Lipinski definition) is 2. The molecule has 1 unspecified atom stereocenters. The number of carbonyl (C=O) groups excluding carboxylic acids is 1. The van der Waals surface area contributed by atoms with Crippen LogP contribution in [-0.4, -0.2) is 30.9 Å². The minimum atomic E-state index is -0.411. The Morgan fingerprint density at radius 1 is 1.39 bits per heavy atom. The van der Waals surface area contributed by atoms with Gasteiger partial charge in [-0.1, -0.05) is 18.2 Å². The number of rotatable bonds is 2. The van der Waals surface area contributed by atoms with Crippen molar-refractivity contribution in [2.24, 2.45) is 5.73 Å². The number of carbonyl (C=O) groups is 1. The van der Waals surface area contributed by atoms with Crippen LogP contribution in [0.1, 0.15) is 24.8 Å². The van der Waals surface area contributed by atoms with Crippen LogP contribution in [0.25, 0.3) is 0 Å². The molecule has 1 aliphatic rings. The maximum Gasteiger partial charge on any atom is 0.222 e. The third-order valence-electron chi connectivity index (χ3n) is 4.00. The molecule has 0 saturated carbocycles. The summed E-state index contributed by atoms with van der Waals surface area (Å²) in [4.78, 5) is 13.4. The Hall–Kier alpha value is -1.42. The third kappa shape index (κ3) is 2.25. The van der Waals surface area contributed by atoms with Crippen LogP contribution in [0.15, 0.2) is 24.3 Å². The quantitative estimate of drug-likeness (QED) is 0.867. The van der Waals surface area contributed by atoms with Crippen LogP contribution < -0.4 is 5.73 Å². The van der Waals surface area contributed by atoms with Gasteiger partial charge in [-0.2, -0.15) is 0 Å². The molecule has 18 heavy (non-hydrogen) atoms. The second kappa shape index (κ2) is 5.06. The SMILES string of the molecule is CN1CCC(CN)(c2ccccc2F)CCC1=O. The molecule has 1 aromatic rings. The summed E-state index contributed by atoms with van der Waals surface area (Å²) in [6.45, 7) is 0.999. The summed E-state index contributed by atoms with van der Waals surface area (Å²) in [6, 6.07) is 6.75. The first kappa shape index (κ1) is 13.0. The zero-order valence-electron chi connectivity index (χ0n) is 10.7. The van der Waals surface area contributed by atoms with E-state index in [9.17, 15) is 9.18 Å². The van der Waals surface area contributed by atoms with E-state index in [1.807, 2.05) is 6.07 Å². The molecular formula is C14H19FN2O. The molecule has 1 aliphatic heterocycles. The Morgan fingerprint density at radius 2 is 2.11 bits per heavy atom. The fraction of sp³-hybridized carbons (Fsp3) is 0.500. The molecule has 0 radical (unpaired) electrons. The highest BCUT2D eigenvalue weighted by molar-refractivity contribution is 5.76. The molecule has 1 fully saturated rings. The van der Waals surface area contributed by atoms with Crippen molar-refractivity contribution in [2.75, 3.05) is 20.1 Å². The summed E-state index contributed by atoms with van der Waals surface area (Å²) < 4.78 is 14.0. The van der Waals surface area contributed by atoms with Crippen LogP contribution in [-0.2, 0) is 10.2 Å². The molecule has 0 bridgehead atoms. The number of benzene rings is 1. The van der Waals surface area contributed by atoms with Gasteiger partial charge in [0.2, 0.25) is 5.91 Å². The van der Waals surface area contributed by atoms with Crippen LogP contribution in [0.2, 0.25) is 0 Å². The largest absolute Gasteiger partial charge is 0.346 e. The normalized spacial score (nSPS) is 25.1. The molecule has 0 spiro atoms. The van der Waals surface area contributed by atoms with Gasteiger partial charge in [0, 0.05) is 32.0 Å². The molecule has 98 valence electrons. The molecule has 1 amide bonds. The molecule has 2 N–H and O–H groups in total. The molecule has 1 atom stereocenters. The molecule has 4 heteroatoms. The maximum absolute atomic E-state index is 14.0. The van der Waals surface area contributed by atoms with Crippen molar-refractivity contribution in [2.45, 2.75) is 24.7 Å². The van der Waals surface area contributed by atoms with Gasteiger partial charge in [-0.25, -0.2) is 4.39 Å². The minimum absolute atomic E-state index is 0.113. The van der Waals surface area contributed by atoms with E-state index in [1.54, 1.807) is 24.1 Å². The van der Waals surface area contributed by atoms with E-state index in [1.165, 1.54) is 6.07 Å². The van der Waals surface area contributed by atoms with Crippen LogP contribution in [0.5, 0.6) is 0 Å². The van der Waals surface area contributed by atoms with Gasteiger partial charge < -0.3 is 10.6 Å². The fourth-order valence-corrected chi connectivity index (χ4v) is 2.64. The second-order valence-electron chi connectivity index (χ2n) is 5.03. The highest BCUT2D eigenvalue weighted by Crippen LogP contribution is 2.36. The van der Waals surface area contributed by atoms with Gasteiger partial charge in [-0.05, 0) is 24.5 Å². The Balaban J connectivity index is 2.37. The predicted molar refractivity (Wildman–Crippen MR) is 68.6 cm³/mol. The molecule has 1 heterocycles. The highest BCUT2D eigenvalue weighted by atomic mass is 19.1. The highest BCUT2D eigenvalue weighted by Gasteiger charge is 2.36. The van der Waals surface area contributed by atoms with Crippen molar-refractivity contribution in [3.63, 3.8) is 0 Å². The molecule has 0 aromatic heterocycles. The van der Waals surface area contributed by atoms with Crippen molar-refractivity contribution in [3.05, 3.63) is 35.6 Å². The van der Waals surface area contributed by atoms with E-state index in [0.717, 1.165) is 0 Å². The van der Waals surface area contributed by atoms with Gasteiger partial charge in [0.15, 0.2) is 0 Å². The molecule has 1 saturated heterocycles. The lowest BCUT2D eigenvalue weighted by Crippen LogP contribution is -2.37. The number of nitrogens with two attached hydrogens (primary N) is 1. The maximum atomic E-state index is 14.0. The Kier molecular flexibility index (Phi) is 3.66. The summed E-state index contributed by atoms with van der Waals surface area (Å²) in [6.07, 6.45) is 1.77. The Labute approximate surface area is 107 Å². The lowest BCUT2D eigenvalue weighted by molar-refractivity contribution is -0.129. The van der Waals surface area contributed by atoms with E-state index < -0.39 is 5.41 Å². The summed E-state index contributed by atoms with van der Waals surface area (Å²) in [5, 5.41) is 0. The fourth-order valence-electron chi connectivity index (χ4n) is 2.64. The Bertz CT molecular complexity index is 449. The Morgan fingerprint density at radius 3 is 2.78 bits per heavy atom.